The van der Waals surface area contributed by atoms with Crippen LogP contribution in [-0.4, -0.2) is 36.2 Å². The Morgan fingerprint density at radius 1 is 1.22 bits per heavy atom. The number of hydrogen-bond acceptors (Lipinski definition) is 5. The van der Waals surface area contributed by atoms with Gasteiger partial charge in [0.05, 0.1) is 19.3 Å². The van der Waals surface area contributed by atoms with Crippen LogP contribution in [0.25, 0.3) is 0 Å². The lowest BCUT2D eigenvalue weighted by Crippen LogP contribution is -2.32. The molecule has 1 aliphatic heterocycles. The molecule has 1 aliphatic rings. The van der Waals surface area contributed by atoms with Gasteiger partial charge < -0.3 is 20.3 Å². The minimum absolute atomic E-state index is 0.233. The summed E-state index contributed by atoms with van der Waals surface area (Å²) in [6.45, 7) is 4.20. The summed E-state index contributed by atoms with van der Waals surface area (Å²) in [5, 5.41) is 6.04. The second-order valence-corrected chi connectivity index (χ2v) is 6.92. The molecule has 2 N–H and O–H groups in total. The van der Waals surface area contributed by atoms with E-state index in [9.17, 15) is 4.79 Å². The SMILES string of the molecule is COc1ccc(Cl)cc1NC(=O)NCc1nc(C)cc(N2CCCCC2)n1. The van der Waals surface area contributed by atoms with Crippen molar-refractivity contribution in [3.8, 4) is 5.75 Å². The van der Waals surface area contributed by atoms with Gasteiger partial charge in [-0.05, 0) is 44.4 Å². The molecular formula is C19H24ClN5O2. The third-order valence-electron chi connectivity index (χ3n) is 4.38. The first kappa shape index (κ1) is 19.2. The van der Waals surface area contributed by atoms with Gasteiger partial charge >= 0.3 is 6.03 Å². The number of piperidine rings is 1. The fourth-order valence-electron chi connectivity index (χ4n) is 3.08. The Kier molecular flexibility index (Phi) is 6.34. The lowest BCUT2D eigenvalue weighted by Gasteiger charge is -2.28. The zero-order valence-corrected chi connectivity index (χ0v) is 16.3. The molecule has 0 bridgehead atoms. The number of halogens is 1. The van der Waals surface area contributed by atoms with Crippen LogP contribution in [0.5, 0.6) is 5.75 Å². The highest BCUT2D eigenvalue weighted by molar-refractivity contribution is 6.31. The highest BCUT2D eigenvalue weighted by Crippen LogP contribution is 2.27. The molecule has 7 nitrogen and oxygen atoms in total. The van der Waals surface area contributed by atoms with Crippen LogP contribution in [0.1, 0.15) is 30.8 Å². The number of aromatic nitrogens is 2. The Labute approximate surface area is 164 Å². The van der Waals surface area contributed by atoms with E-state index >= 15 is 0 Å². The van der Waals surface area contributed by atoms with Crippen molar-refractivity contribution < 1.29 is 9.53 Å². The van der Waals surface area contributed by atoms with Crippen molar-refractivity contribution >= 4 is 29.1 Å². The molecule has 1 aromatic carbocycles. The molecule has 2 amide bonds. The summed E-state index contributed by atoms with van der Waals surface area (Å²) in [6.07, 6.45) is 3.63. The number of anilines is 2. The summed E-state index contributed by atoms with van der Waals surface area (Å²) in [5.74, 6) is 2.05. The summed E-state index contributed by atoms with van der Waals surface area (Å²) in [6, 6.07) is 6.65. The maximum atomic E-state index is 12.2. The molecule has 3 rings (SSSR count). The summed E-state index contributed by atoms with van der Waals surface area (Å²) in [4.78, 5) is 23.6. The molecule has 1 aromatic heterocycles. The van der Waals surface area contributed by atoms with E-state index in [-0.39, 0.29) is 12.6 Å². The van der Waals surface area contributed by atoms with E-state index < -0.39 is 0 Å². The largest absolute Gasteiger partial charge is 0.495 e. The first-order valence-corrected chi connectivity index (χ1v) is 9.41. The second-order valence-electron chi connectivity index (χ2n) is 6.48. The van der Waals surface area contributed by atoms with Gasteiger partial charge in [0, 0.05) is 29.9 Å². The van der Waals surface area contributed by atoms with Crippen LogP contribution < -0.4 is 20.3 Å². The monoisotopic (exact) mass is 389 g/mol. The molecule has 0 saturated carbocycles. The van der Waals surface area contributed by atoms with Crippen molar-refractivity contribution in [3.63, 3.8) is 0 Å². The van der Waals surface area contributed by atoms with Gasteiger partial charge in [0.2, 0.25) is 0 Å². The predicted molar refractivity (Wildman–Crippen MR) is 107 cm³/mol. The van der Waals surface area contributed by atoms with Crippen molar-refractivity contribution in [1.82, 2.24) is 15.3 Å². The number of rotatable bonds is 5. The van der Waals surface area contributed by atoms with Gasteiger partial charge in [-0.25, -0.2) is 14.8 Å². The first-order chi connectivity index (χ1) is 13.0. The highest BCUT2D eigenvalue weighted by atomic mass is 35.5. The number of carbonyl (C=O) groups excluding carboxylic acids is 1. The molecule has 8 heteroatoms. The second kappa shape index (κ2) is 8.90. The van der Waals surface area contributed by atoms with Gasteiger partial charge in [0.25, 0.3) is 0 Å². The van der Waals surface area contributed by atoms with Gasteiger partial charge in [0.1, 0.15) is 17.4 Å². The summed E-state index contributed by atoms with van der Waals surface area (Å²) in [5.41, 5.74) is 1.39. The number of hydrogen-bond donors (Lipinski definition) is 2. The third-order valence-corrected chi connectivity index (χ3v) is 4.62. The van der Waals surface area contributed by atoms with Crippen LogP contribution >= 0.6 is 11.6 Å². The van der Waals surface area contributed by atoms with Crippen molar-refractivity contribution in [1.29, 1.82) is 0 Å². The molecule has 2 heterocycles. The average Bonchev–Trinajstić information content (AvgIpc) is 2.67. The molecule has 0 aliphatic carbocycles. The number of urea groups is 1. The van der Waals surface area contributed by atoms with Gasteiger partial charge in [-0.15, -0.1) is 0 Å². The molecule has 1 saturated heterocycles. The molecular weight excluding hydrogens is 366 g/mol. The number of methoxy groups -OCH3 is 1. The van der Waals surface area contributed by atoms with E-state index in [1.54, 1.807) is 18.2 Å². The number of carbonyl (C=O) groups is 1. The molecule has 0 unspecified atom stereocenters. The fourth-order valence-corrected chi connectivity index (χ4v) is 3.25. The first-order valence-electron chi connectivity index (χ1n) is 9.03. The third kappa shape index (κ3) is 5.23. The number of benzene rings is 1. The van der Waals surface area contributed by atoms with E-state index in [2.05, 4.69) is 25.5 Å². The molecule has 144 valence electrons. The molecule has 0 radical (unpaired) electrons. The highest BCUT2D eigenvalue weighted by Gasteiger charge is 2.14. The van der Waals surface area contributed by atoms with Crippen LogP contribution in [-0.2, 0) is 6.54 Å². The summed E-state index contributed by atoms with van der Waals surface area (Å²) < 4.78 is 5.23. The number of aryl methyl sites for hydroxylation is 1. The standard InChI is InChI=1S/C19H24ClN5O2/c1-13-10-18(25-8-4-3-5-9-25)24-17(22-13)12-21-19(26)23-15-11-14(20)6-7-16(15)27-2/h6-7,10-11H,3-5,8-9,12H2,1-2H3,(H2,21,23,26). The zero-order chi connectivity index (χ0) is 19.2. The lowest BCUT2D eigenvalue weighted by atomic mass is 10.1. The fraction of sp³-hybridized carbons (Fsp3) is 0.421. The Morgan fingerprint density at radius 2 is 2.00 bits per heavy atom. The summed E-state index contributed by atoms with van der Waals surface area (Å²) >= 11 is 5.99. The topological polar surface area (TPSA) is 79.4 Å². The number of amides is 2. The minimum Gasteiger partial charge on any atom is -0.495 e. The van der Waals surface area contributed by atoms with Crippen molar-refractivity contribution in [2.75, 3.05) is 30.4 Å². The van der Waals surface area contributed by atoms with Gasteiger partial charge in [-0.1, -0.05) is 11.6 Å². The Bertz CT molecular complexity index is 809. The van der Waals surface area contributed by atoms with E-state index in [0.29, 0.717) is 22.3 Å². The van der Waals surface area contributed by atoms with Crippen LogP contribution in [0, 0.1) is 6.92 Å². The maximum Gasteiger partial charge on any atom is 0.319 e. The minimum atomic E-state index is -0.375. The zero-order valence-electron chi connectivity index (χ0n) is 15.6. The molecule has 27 heavy (non-hydrogen) atoms. The van der Waals surface area contributed by atoms with E-state index in [1.807, 2.05) is 13.0 Å². The van der Waals surface area contributed by atoms with Gasteiger partial charge in [-0.3, -0.25) is 0 Å². The lowest BCUT2D eigenvalue weighted by molar-refractivity contribution is 0.251. The van der Waals surface area contributed by atoms with Crippen LogP contribution in [0.2, 0.25) is 5.02 Å². The Balaban J connectivity index is 1.63. The van der Waals surface area contributed by atoms with Gasteiger partial charge in [-0.2, -0.15) is 0 Å². The average molecular weight is 390 g/mol. The van der Waals surface area contributed by atoms with Crippen molar-refractivity contribution in [2.24, 2.45) is 0 Å². The summed E-state index contributed by atoms with van der Waals surface area (Å²) in [7, 11) is 1.54. The number of nitrogens with one attached hydrogen (secondary N) is 2. The van der Waals surface area contributed by atoms with Crippen LogP contribution in [0.4, 0.5) is 16.3 Å². The molecule has 1 fully saturated rings. The molecule has 0 spiro atoms. The molecule has 0 atom stereocenters. The normalized spacial score (nSPS) is 14.0. The van der Waals surface area contributed by atoms with Crippen molar-refractivity contribution in [2.45, 2.75) is 32.7 Å². The van der Waals surface area contributed by atoms with E-state index in [1.165, 1.54) is 26.4 Å². The number of nitrogens with zero attached hydrogens (tertiary/aromatic N) is 3. The smallest absolute Gasteiger partial charge is 0.319 e. The van der Waals surface area contributed by atoms with Crippen LogP contribution in [0.15, 0.2) is 24.3 Å². The molecule has 2 aromatic rings. The maximum absolute atomic E-state index is 12.2. The van der Waals surface area contributed by atoms with E-state index in [0.717, 1.165) is 24.6 Å². The van der Waals surface area contributed by atoms with Gasteiger partial charge in [0.15, 0.2) is 0 Å². The Morgan fingerprint density at radius 3 is 2.74 bits per heavy atom. The predicted octanol–water partition coefficient (Wildman–Crippen LogP) is 3.76. The van der Waals surface area contributed by atoms with Crippen LogP contribution in [0.3, 0.4) is 0 Å². The quantitative estimate of drug-likeness (QED) is 0.813. The van der Waals surface area contributed by atoms with Crippen molar-refractivity contribution in [3.05, 3.63) is 40.8 Å². The number of ether oxygens (including phenoxy) is 1. The van der Waals surface area contributed by atoms with E-state index in [4.69, 9.17) is 16.3 Å². The Hall–Kier alpha value is -2.54.